The zero-order valence-corrected chi connectivity index (χ0v) is 15.0. The second-order valence-electron chi connectivity index (χ2n) is 8.29. The Kier molecular flexibility index (Phi) is 4.62. The molecule has 140 valence electrons. The number of amides is 3. The number of carbonyl (C=O) groups is 2. The fraction of sp³-hybridized carbons (Fsp3) is 0.889. The molecule has 4 aliphatic rings. The number of likely N-dealkylation sites (tertiary alicyclic amines) is 1. The molecule has 0 aromatic carbocycles. The first-order valence-corrected chi connectivity index (χ1v) is 10.0. The van der Waals surface area contributed by atoms with Crippen molar-refractivity contribution in [3.63, 3.8) is 0 Å². The Morgan fingerprint density at radius 2 is 1.72 bits per heavy atom. The van der Waals surface area contributed by atoms with Crippen molar-refractivity contribution < 1.29 is 19.2 Å². The molecular weight excluding hydrogens is 320 g/mol. The van der Waals surface area contributed by atoms with Crippen molar-refractivity contribution in [2.75, 3.05) is 26.2 Å². The molecule has 3 heterocycles. The van der Waals surface area contributed by atoms with E-state index in [1.165, 1.54) is 12.8 Å². The van der Waals surface area contributed by atoms with E-state index in [0.29, 0.717) is 25.2 Å². The lowest BCUT2D eigenvalue weighted by Crippen LogP contribution is -2.66. The molecule has 1 saturated carbocycles. The lowest BCUT2D eigenvalue weighted by Gasteiger charge is -2.47. The molecule has 7 nitrogen and oxygen atoms in total. The molecule has 0 unspecified atom stereocenters. The summed E-state index contributed by atoms with van der Waals surface area (Å²) in [5.41, 5.74) is 0. The van der Waals surface area contributed by atoms with E-state index in [4.69, 9.17) is 0 Å². The van der Waals surface area contributed by atoms with Gasteiger partial charge in [0.25, 0.3) is 0 Å². The van der Waals surface area contributed by atoms with Crippen molar-refractivity contribution in [1.29, 1.82) is 0 Å². The molecule has 3 N–H and O–H groups in total. The maximum atomic E-state index is 12.5. The third kappa shape index (κ3) is 2.91. The minimum absolute atomic E-state index is 0.0825. The smallest absolute Gasteiger partial charge is 0.435 e. The molecule has 0 spiro atoms. The zero-order valence-electron chi connectivity index (χ0n) is 15.0. The number of hydrogen-bond acceptors (Lipinski definition) is 3. The number of nitrogens with one attached hydrogen (secondary N) is 2. The van der Waals surface area contributed by atoms with Gasteiger partial charge in [-0.05, 0) is 12.8 Å². The Hall–Kier alpha value is -1.34. The van der Waals surface area contributed by atoms with Gasteiger partial charge in [-0.2, -0.15) is 4.79 Å². The number of nitrogens with zero attached hydrogens (tertiary/aromatic N) is 2. The lowest BCUT2D eigenvalue weighted by molar-refractivity contribution is -0.889. The highest BCUT2D eigenvalue weighted by Crippen LogP contribution is 2.35. The molecule has 4 rings (SSSR count). The number of fused-ring (bicyclic) bond motifs is 1. The molecule has 0 bridgehead atoms. The molecule has 3 saturated heterocycles. The van der Waals surface area contributed by atoms with Gasteiger partial charge in [-0.25, -0.2) is 9.28 Å². The van der Waals surface area contributed by atoms with E-state index in [2.05, 4.69) is 15.5 Å². The van der Waals surface area contributed by atoms with Crippen LogP contribution in [0.5, 0.6) is 0 Å². The largest absolute Gasteiger partial charge is 0.513 e. The first-order valence-electron chi connectivity index (χ1n) is 10.0. The topological polar surface area (TPSA) is 81.7 Å². The van der Waals surface area contributed by atoms with Gasteiger partial charge < -0.3 is 20.6 Å². The minimum atomic E-state index is -0.674. The van der Waals surface area contributed by atoms with Crippen LogP contribution in [0, 0.1) is 0 Å². The van der Waals surface area contributed by atoms with E-state index in [1.54, 1.807) is 0 Å². The zero-order chi connectivity index (χ0) is 17.4. The summed E-state index contributed by atoms with van der Waals surface area (Å²) in [4.78, 5) is 26.8. The standard InChI is InChI=1S/C18H30N4O3/c23-17-20-15-3-1-2-4-16(15)21(17)13-7-11-22(12-8-13,18(24)25)14-5-9-19-10-6-14/h13-16,19H,1-12H2,(H-,20,23,24,25)/p+1/t13?,15-,16-,22?/m1/s1. The van der Waals surface area contributed by atoms with Gasteiger partial charge in [0.15, 0.2) is 0 Å². The molecule has 0 aromatic heterocycles. The van der Waals surface area contributed by atoms with Gasteiger partial charge in [-0.1, -0.05) is 12.8 Å². The van der Waals surface area contributed by atoms with Crippen LogP contribution in [0.3, 0.4) is 0 Å². The summed E-state index contributed by atoms with van der Waals surface area (Å²) in [6.45, 7) is 3.15. The van der Waals surface area contributed by atoms with Gasteiger partial charge in [0.2, 0.25) is 0 Å². The average Bonchev–Trinajstić information content (AvgIpc) is 2.98. The normalized spacial score (nSPS) is 39.8. The molecule has 2 atom stereocenters. The van der Waals surface area contributed by atoms with E-state index >= 15 is 0 Å². The highest BCUT2D eigenvalue weighted by molar-refractivity contribution is 5.78. The molecule has 1 aliphatic carbocycles. The summed E-state index contributed by atoms with van der Waals surface area (Å²) in [7, 11) is 0. The van der Waals surface area contributed by atoms with E-state index in [1.807, 2.05) is 0 Å². The second-order valence-corrected chi connectivity index (χ2v) is 8.29. The van der Waals surface area contributed by atoms with Crippen LogP contribution in [-0.4, -0.2) is 77.0 Å². The van der Waals surface area contributed by atoms with Gasteiger partial charge in [-0.3, -0.25) is 0 Å². The summed E-state index contributed by atoms with van der Waals surface area (Å²) in [5, 5.41) is 16.5. The molecule has 7 heteroatoms. The van der Waals surface area contributed by atoms with E-state index in [-0.39, 0.29) is 22.6 Å². The Morgan fingerprint density at radius 1 is 1.04 bits per heavy atom. The Labute approximate surface area is 149 Å². The van der Waals surface area contributed by atoms with Gasteiger partial charge in [0.1, 0.15) is 6.04 Å². The molecule has 25 heavy (non-hydrogen) atoms. The number of urea groups is 1. The van der Waals surface area contributed by atoms with Gasteiger partial charge in [0.05, 0.1) is 25.2 Å². The maximum absolute atomic E-state index is 12.5. The first kappa shape index (κ1) is 17.1. The number of quaternary nitrogens is 1. The summed E-state index contributed by atoms with van der Waals surface area (Å²) < 4.78 is 0.210. The fourth-order valence-electron chi connectivity index (χ4n) is 5.74. The number of rotatable bonds is 2. The van der Waals surface area contributed by atoms with E-state index in [9.17, 15) is 14.7 Å². The van der Waals surface area contributed by atoms with Crippen LogP contribution < -0.4 is 10.6 Å². The molecular formula is C18H31N4O3+. The Balaban J connectivity index is 1.46. The van der Waals surface area contributed by atoms with Crippen LogP contribution in [0.2, 0.25) is 0 Å². The van der Waals surface area contributed by atoms with Gasteiger partial charge in [0, 0.05) is 44.8 Å². The first-order chi connectivity index (χ1) is 12.1. The van der Waals surface area contributed by atoms with Crippen LogP contribution >= 0.6 is 0 Å². The number of carbonyl (C=O) groups excluding carboxylic acids is 1. The molecule has 4 fully saturated rings. The highest BCUT2D eigenvalue weighted by Gasteiger charge is 2.51. The minimum Gasteiger partial charge on any atom is -0.435 e. The number of piperidine rings is 2. The summed E-state index contributed by atoms with van der Waals surface area (Å²) >= 11 is 0. The predicted molar refractivity (Wildman–Crippen MR) is 93.3 cm³/mol. The van der Waals surface area contributed by atoms with Gasteiger partial charge >= 0.3 is 12.1 Å². The van der Waals surface area contributed by atoms with Crippen LogP contribution in [0.4, 0.5) is 9.59 Å². The summed E-state index contributed by atoms with van der Waals surface area (Å²) in [6.07, 6.45) is 7.40. The molecule has 0 radical (unpaired) electrons. The third-order valence-corrected chi connectivity index (χ3v) is 7.13. The fourth-order valence-corrected chi connectivity index (χ4v) is 5.74. The van der Waals surface area contributed by atoms with E-state index in [0.717, 1.165) is 51.6 Å². The number of carboxylic acid groups (broad SMARTS) is 1. The van der Waals surface area contributed by atoms with Crippen molar-refractivity contribution in [3.8, 4) is 0 Å². The third-order valence-electron chi connectivity index (χ3n) is 7.13. The van der Waals surface area contributed by atoms with Crippen molar-refractivity contribution >= 4 is 12.1 Å². The summed E-state index contributed by atoms with van der Waals surface area (Å²) in [6, 6.07) is 1.15. The quantitative estimate of drug-likeness (QED) is 0.662. The SMILES string of the molecule is O=C1N[C@@H]2CCCC[C@H]2N1C1CC[N+](C(=O)O)(C2CCNCC2)CC1. The van der Waals surface area contributed by atoms with Gasteiger partial charge in [-0.15, -0.1) is 0 Å². The number of hydrogen-bond donors (Lipinski definition) is 3. The monoisotopic (exact) mass is 351 g/mol. The molecule has 0 aromatic rings. The molecule has 3 amide bonds. The van der Waals surface area contributed by atoms with E-state index < -0.39 is 6.09 Å². The predicted octanol–water partition coefficient (Wildman–Crippen LogP) is 1.73. The average molecular weight is 351 g/mol. The Bertz CT molecular complexity index is 526. The van der Waals surface area contributed by atoms with Crippen LogP contribution in [0.15, 0.2) is 0 Å². The van der Waals surface area contributed by atoms with Crippen molar-refractivity contribution in [1.82, 2.24) is 15.5 Å². The van der Waals surface area contributed by atoms with Crippen molar-refractivity contribution in [3.05, 3.63) is 0 Å². The highest BCUT2D eigenvalue weighted by atomic mass is 16.4. The van der Waals surface area contributed by atoms with Crippen molar-refractivity contribution in [2.24, 2.45) is 0 Å². The second kappa shape index (κ2) is 6.76. The lowest BCUT2D eigenvalue weighted by atomic mass is 9.88. The maximum Gasteiger partial charge on any atom is 0.513 e. The summed E-state index contributed by atoms with van der Waals surface area (Å²) in [5.74, 6) is 0. The van der Waals surface area contributed by atoms with Crippen LogP contribution in [0.1, 0.15) is 51.4 Å². The van der Waals surface area contributed by atoms with Crippen LogP contribution in [-0.2, 0) is 0 Å². The molecule has 3 aliphatic heterocycles. The van der Waals surface area contributed by atoms with Crippen LogP contribution in [0.25, 0.3) is 0 Å². The Morgan fingerprint density at radius 3 is 2.40 bits per heavy atom. The van der Waals surface area contributed by atoms with Crippen molar-refractivity contribution in [2.45, 2.75) is 75.5 Å².